The highest BCUT2D eigenvalue weighted by atomic mass is 14.6. The van der Waals surface area contributed by atoms with Crippen molar-refractivity contribution in [2.24, 2.45) is 5.73 Å². The molecule has 0 aliphatic carbocycles. The van der Waals surface area contributed by atoms with Crippen molar-refractivity contribution < 1.29 is 0 Å². The second kappa shape index (κ2) is 14.3. The van der Waals surface area contributed by atoms with Gasteiger partial charge in [0.1, 0.15) is 0 Å². The SMILES string of the molecule is C/C=C\c1c(C)cccc1/C(N)=C/C(=C\C)c1ccc(-c2c3ccccc3c(-c3cccc4c(-c5ccc(C)cc5)cccc34)c3ccccc23)cc1. The van der Waals surface area contributed by atoms with Crippen LogP contribution in [-0.2, 0) is 0 Å². The molecule has 0 aliphatic heterocycles. The van der Waals surface area contributed by atoms with E-state index in [1.807, 2.05) is 6.92 Å². The molecule has 0 saturated heterocycles. The summed E-state index contributed by atoms with van der Waals surface area (Å²) >= 11 is 0. The molecule has 2 N–H and O–H groups in total. The summed E-state index contributed by atoms with van der Waals surface area (Å²) in [7, 11) is 0. The minimum absolute atomic E-state index is 0.756. The van der Waals surface area contributed by atoms with Gasteiger partial charge in [-0.25, -0.2) is 0 Å². The van der Waals surface area contributed by atoms with E-state index in [2.05, 4.69) is 197 Å². The highest BCUT2D eigenvalue weighted by molar-refractivity contribution is 6.24. The Morgan fingerprint density at radius 1 is 0.491 bits per heavy atom. The molecule has 8 aromatic carbocycles. The predicted octanol–water partition coefficient (Wildman–Crippen LogP) is 14.2. The summed E-state index contributed by atoms with van der Waals surface area (Å²) in [5, 5.41) is 7.50. The highest BCUT2D eigenvalue weighted by Gasteiger charge is 2.19. The van der Waals surface area contributed by atoms with Crippen LogP contribution >= 0.6 is 0 Å². The van der Waals surface area contributed by atoms with Gasteiger partial charge in [0.25, 0.3) is 0 Å². The Kier molecular flexibility index (Phi) is 9.08. The van der Waals surface area contributed by atoms with Crippen LogP contribution in [0.5, 0.6) is 0 Å². The third-order valence-corrected chi connectivity index (χ3v) is 10.6. The minimum atomic E-state index is 0.756. The monoisotopic (exact) mass is 681 g/mol. The molecule has 53 heavy (non-hydrogen) atoms. The Morgan fingerprint density at radius 2 is 1.02 bits per heavy atom. The number of fused-ring (bicyclic) bond motifs is 3. The van der Waals surface area contributed by atoms with Crippen LogP contribution in [-0.4, -0.2) is 0 Å². The molecule has 0 bridgehead atoms. The third-order valence-electron chi connectivity index (χ3n) is 10.6. The van der Waals surface area contributed by atoms with Crippen molar-refractivity contribution in [1.82, 2.24) is 0 Å². The molecule has 0 amide bonds. The molecule has 1 nitrogen and oxygen atoms in total. The Hall–Kier alpha value is -6.44. The number of aryl methyl sites for hydroxylation is 2. The van der Waals surface area contributed by atoms with Crippen LogP contribution in [0.25, 0.3) is 83.0 Å². The maximum Gasteiger partial charge on any atom is 0.0399 e. The van der Waals surface area contributed by atoms with Crippen LogP contribution in [0.3, 0.4) is 0 Å². The van der Waals surface area contributed by atoms with E-state index in [0.717, 1.165) is 28.0 Å². The summed E-state index contributed by atoms with van der Waals surface area (Å²) in [6.07, 6.45) is 8.45. The van der Waals surface area contributed by atoms with Crippen LogP contribution in [0, 0.1) is 13.8 Å². The van der Waals surface area contributed by atoms with Crippen LogP contribution in [0.4, 0.5) is 0 Å². The summed E-state index contributed by atoms with van der Waals surface area (Å²) in [6.45, 7) is 8.39. The molecule has 0 saturated carbocycles. The van der Waals surface area contributed by atoms with Gasteiger partial charge in [-0.3, -0.25) is 0 Å². The summed E-state index contributed by atoms with van der Waals surface area (Å²) in [5.74, 6) is 0. The van der Waals surface area contributed by atoms with Gasteiger partial charge in [-0.2, -0.15) is 0 Å². The van der Waals surface area contributed by atoms with Crippen LogP contribution in [0.15, 0.2) is 170 Å². The molecular weight excluding hydrogens is 639 g/mol. The molecule has 0 spiro atoms. The smallest absolute Gasteiger partial charge is 0.0399 e. The Morgan fingerprint density at radius 3 is 1.62 bits per heavy atom. The molecule has 8 rings (SSSR count). The largest absolute Gasteiger partial charge is 0.398 e. The molecule has 256 valence electrons. The second-order valence-corrected chi connectivity index (χ2v) is 13.9. The lowest BCUT2D eigenvalue weighted by Crippen LogP contribution is -2.01. The van der Waals surface area contributed by atoms with Crippen molar-refractivity contribution in [1.29, 1.82) is 0 Å². The van der Waals surface area contributed by atoms with E-state index in [9.17, 15) is 0 Å². The molecule has 1 heteroatoms. The van der Waals surface area contributed by atoms with Gasteiger partial charge in [-0.1, -0.05) is 175 Å². The fraction of sp³-hybridized carbons (Fsp3) is 0.0769. The maximum atomic E-state index is 6.78. The molecule has 0 atom stereocenters. The maximum absolute atomic E-state index is 6.78. The van der Waals surface area contributed by atoms with Crippen LogP contribution < -0.4 is 5.73 Å². The third kappa shape index (κ3) is 6.15. The second-order valence-electron chi connectivity index (χ2n) is 13.9. The molecule has 0 radical (unpaired) electrons. The Balaban J connectivity index is 1.27. The van der Waals surface area contributed by atoms with Crippen molar-refractivity contribution in [2.75, 3.05) is 0 Å². The Labute approximate surface area is 313 Å². The van der Waals surface area contributed by atoms with E-state index in [1.165, 1.54) is 76.8 Å². The van der Waals surface area contributed by atoms with Crippen molar-refractivity contribution in [3.63, 3.8) is 0 Å². The van der Waals surface area contributed by atoms with Gasteiger partial charge in [-0.15, -0.1) is 0 Å². The average molecular weight is 682 g/mol. The molecular formula is C52H43N. The lowest BCUT2D eigenvalue weighted by atomic mass is 9.84. The zero-order valence-electron chi connectivity index (χ0n) is 30.8. The fourth-order valence-corrected chi connectivity index (χ4v) is 7.97. The summed E-state index contributed by atoms with van der Waals surface area (Å²) in [5.41, 5.74) is 21.9. The molecule has 8 aromatic rings. The minimum Gasteiger partial charge on any atom is -0.398 e. The summed E-state index contributed by atoms with van der Waals surface area (Å²) in [6, 6.07) is 55.4. The Bertz CT molecular complexity index is 2680. The first-order valence-electron chi connectivity index (χ1n) is 18.5. The molecule has 0 heterocycles. The molecule has 0 fully saturated rings. The van der Waals surface area contributed by atoms with Gasteiger partial charge in [0.15, 0.2) is 0 Å². The van der Waals surface area contributed by atoms with Crippen LogP contribution in [0.2, 0.25) is 0 Å². The topological polar surface area (TPSA) is 26.0 Å². The predicted molar refractivity (Wildman–Crippen MR) is 232 cm³/mol. The lowest BCUT2D eigenvalue weighted by Gasteiger charge is -2.19. The first-order valence-corrected chi connectivity index (χ1v) is 18.5. The van der Waals surface area contributed by atoms with E-state index in [1.54, 1.807) is 0 Å². The van der Waals surface area contributed by atoms with Gasteiger partial charge in [-0.05, 0) is 122 Å². The average Bonchev–Trinajstić information content (AvgIpc) is 3.20. The van der Waals surface area contributed by atoms with E-state index in [0.29, 0.717) is 0 Å². The number of allylic oxidation sites excluding steroid dienone is 4. The number of hydrogen-bond acceptors (Lipinski definition) is 1. The molecule has 0 aromatic heterocycles. The standard InChI is InChI=1S/C52H43N/c1-5-14-40-35(4)15-11-23-44(40)50(53)33-36(6-2)37-29-31-39(32-30-37)51-46-16-7-9-18-48(46)52(49-19-10-8-17-47(49)51)45-24-13-21-42-41(20-12-22-43(42)45)38-27-25-34(3)26-28-38/h5-33H,53H2,1-4H3/b14-5-,36-6+,50-33-. The van der Waals surface area contributed by atoms with Crippen molar-refractivity contribution in [3.8, 4) is 33.4 Å². The first-order chi connectivity index (χ1) is 26.0. The number of nitrogens with two attached hydrogens (primary N) is 1. The summed E-state index contributed by atoms with van der Waals surface area (Å²) in [4.78, 5) is 0. The van der Waals surface area contributed by atoms with Gasteiger partial charge in [0.05, 0.1) is 0 Å². The van der Waals surface area contributed by atoms with Gasteiger partial charge in [0.2, 0.25) is 0 Å². The van der Waals surface area contributed by atoms with E-state index < -0.39 is 0 Å². The zero-order chi connectivity index (χ0) is 36.5. The quantitative estimate of drug-likeness (QED) is 0.131. The first kappa shape index (κ1) is 33.7. The van der Waals surface area contributed by atoms with E-state index in [-0.39, 0.29) is 0 Å². The highest BCUT2D eigenvalue weighted by Crippen LogP contribution is 2.46. The van der Waals surface area contributed by atoms with Crippen LogP contribution in [0.1, 0.15) is 41.7 Å². The number of hydrogen-bond donors (Lipinski definition) is 1. The van der Waals surface area contributed by atoms with Crippen molar-refractivity contribution >= 4 is 49.7 Å². The normalized spacial score (nSPS) is 12.4. The number of rotatable bonds is 7. The number of benzene rings is 8. The van der Waals surface area contributed by atoms with Crippen molar-refractivity contribution in [2.45, 2.75) is 27.7 Å². The molecule has 0 unspecified atom stereocenters. The van der Waals surface area contributed by atoms with Gasteiger partial charge in [0, 0.05) is 11.3 Å². The van der Waals surface area contributed by atoms with Gasteiger partial charge >= 0.3 is 0 Å². The van der Waals surface area contributed by atoms with Crippen molar-refractivity contribution in [3.05, 3.63) is 198 Å². The van der Waals surface area contributed by atoms with Gasteiger partial charge < -0.3 is 5.73 Å². The summed E-state index contributed by atoms with van der Waals surface area (Å²) < 4.78 is 0. The zero-order valence-corrected chi connectivity index (χ0v) is 30.8. The fourth-order valence-electron chi connectivity index (χ4n) is 7.97. The lowest BCUT2D eigenvalue weighted by molar-refractivity contribution is 1.39. The molecule has 0 aliphatic rings. The van der Waals surface area contributed by atoms with E-state index >= 15 is 0 Å². The van der Waals surface area contributed by atoms with E-state index in [4.69, 9.17) is 5.73 Å².